The Labute approximate surface area is 302 Å². The second kappa shape index (κ2) is 15.2. The van der Waals surface area contributed by atoms with Crippen molar-refractivity contribution in [3.05, 3.63) is 90.3 Å². The highest BCUT2D eigenvalue weighted by Gasteiger charge is 2.59. The van der Waals surface area contributed by atoms with Crippen LogP contribution in [0.1, 0.15) is 68.5 Å². The number of nitrogens with zero attached hydrogens (tertiary/aromatic N) is 3. The molecule has 6 amide bonds. The summed E-state index contributed by atoms with van der Waals surface area (Å²) in [6.07, 6.45) is 1.03. The highest BCUT2D eigenvalue weighted by molar-refractivity contribution is 7.90. The predicted molar refractivity (Wildman–Crippen MR) is 192 cm³/mol. The zero-order valence-electron chi connectivity index (χ0n) is 29.6. The summed E-state index contributed by atoms with van der Waals surface area (Å²) in [7, 11) is -4.16. The number of anilines is 1. The molecule has 0 aliphatic carbocycles. The number of ketones is 1. The van der Waals surface area contributed by atoms with Gasteiger partial charge in [0.1, 0.15) is 23.6 Å². The fraction of sp³-hybridized carbons (Fsp3) is 0.351. The lowest BCUT2D eigenvalue weighted by atomic mass is 9.96. The van der Waals surface area contributed by atoms with Crippen molar-refractivity contribution in [3.8, 4) is 0 Å². The lowest BCUT2D eigenvalue weighted by Gasteiger charge is -2.40. The first-order chi connectivity index (χ1) is 24.6. The first-order valence-electron chi connectivity index (χ1n) is 17.0. The van der Waals surface area contributed by atoms with Gasteiger partial charge in [-0.2, -0.15) is 4.48 Å². The highest BCUT2D eigenvalue weighted by atomic mass is 32.2. The van der Waals surface area contributed by atoms with Crippen molar-refractivity contribution >= 4 is 56.5 Å². The molecule has 0 spiro atoms. The van der Waals surface area contributed by atoms with Crippen LogP contribution in [-0.2, 0) is 14.8 Å². The summed E-state index contributed by atoms with van der Waals surface area (Å²) in [6, 6.07) is 14.5. The summed E-state index contributed by atoms with van der Waals surface area (Å²) in [6.45, 7) is 8.74. The largest absolute Gasteiger partial charge is 0.434 e. The van der Waals surface area contributed by atoms with E-state index in [1.54, 1.807) is 65.0 Å². The summed E-state index contributed by atoms with van der Waals surface area (Å²) in [4.78, 5) is 75.9. The number of hydrogen-bond donors (Lipinski definition) is 3. The van der Waals surface area contributed by atoms with E-state index in [0.717, 1.165) is 4.90 Å². The smallest absolute Gasteiger partial charge is 0.434 e. The molecule has 1 aromatic heterocycles. The average Bonchev–Trinajstić information content (AvgIpc) is 3.73. The van der Waals surface area contributed by atoms with Gasteiger partial charge in [0.15, 0.2) is 5.58 Å². The Morgan fingerprint density at radius 1 is 0.904 bits per heavy atom. The molecule has 3 aromatic carbocycles. The topological polar surface area (TPSA) is 199 Å². The van der Waals surface area contributed by atoms with Crippen molar-refractivity contribution < 1.29 is 41.3 Å². The molecule has 1 aliphatic heterocycles. The Balaban J connectivity index is 1.52. The molecule has 4 N–H and O–H groups in total. The molecule has 3 unspecified atom stereocenters. The Kier molecular flexibility index (Phi) is 11.1. The van der Waals surface area contributed by atoms with E-state index in [1.807, 2.05) is 4.72 Å². The van der Waals surface area contributed by atoms with Gasteiger partial charge in [-0.15, -0.1) is 0 Å². The Hall–Kier alpha value is -5.25. The Bertz CT molecular complexity index is 2070. The molecule has 0 radical (unpaired) electrons. The van der Waals surface area contributed by atoms with Crippen LogP contribution in [0.2, 0.25) is 0 Å². The van der Waals surface area contributed by atoms with E-state index in [2.05, 4.69) is 10.3 Å². The minimum atomic E-state index is -4.16. The number of rotatable bonds is 10. The summed E-state index contributed by atoms with van der Waals surface area (Å²) >= 11 is 0. The van der Waals surface area contributed by atoms with E-state index in [0.29, 0.717) is 23.9 Å². The third kappa shape index (κ3) is 7.38. The summed E-state index contributed by atoms with van der Waals surface area (Å²) in [5.74, 6) is -3.41. The molecule has 14 nitrogen and oxygen atoms in total. The third-order valence-corrected chi connectivity index (χ3v) is 10.7. The van der Waals surface area contributed by atoms with Gasteiger partial charge in [0.05, 0.1) is 11.4 Å². The van der Waals surface area contributed by atoms with E-state index in [1.165, 1.54) is 48.5 Å². The maximum absolute atomic E-state index is 15.1. The summed E-state index contributed by atoms with van der Waals surface area (Å²) in [5, 5.41) is 2.42. The number of amides is 6. The molecular weight excluding hydrogens is 689 g/mol. The number of fused-ring (bicyclic) bond motifs is 1. The van der Waals surface area contributed by atoms with Gasteiger partial charge in [0, 0.05) is 24.1 Å². The van der Waals surface area contributed by atoms with E-state index in [-0.39, 0.29) is 34.5 Å². The van der Waals surface area contributed by atoms with Crippen LogP contribution < -0.4 is 15.8 Å². The number of sulfonamides is 1. The number of quaternary nitrogens is 1. The quantitative estimate of drug-likeness (QED) is 0.142. The number of para-hydroxylation sites is 2. The number of benzene rings is 3. The number of oxazole rings is 1. The van der Waals surface area contributed by atoms with Gasteiger partial charge in [-0.3, -0.25) is 9.59 Å². The monoisotopic (exact) mass is 731 g/mol. The molecular formula is C37H43N6O8S+. The van der Waals surface area contributed by atoms with Crippen molar-refractivity contribution in [3.63, 3.8) is 0 Å². The van der Waals surface area contributed by atoms with Crippen LogP contribution in [0.3, 0.4) is 0 Å². The average molecular weight is 732 g/mol. The van der Waals surface area contributed by atoms with Gasteiger partial charge in [-0.1, -0.05) is 58.0 Å². The normalized spacial score (nSPS) is 18.6. The summed E-state index contributed by atoms with van der Waals surface area (Å²) < 4.78 is 32.2. The molecule has 5 rings (SSSR count). The second-order valence-electron chi connectivity index (χ2n) is 13.6. The lowest BCUT2D eigenvalue weighted by Crippen LogP contribution is -2.70. The van der Waals surface area contributed by atoms with Gasteiger partial charge in [0.25, 0.3) is 21.8 Å². The van der Waals surface area contributed by atoms with Crippen molar-refractivity contribution in [1.82, 2.24) is 14.6 Å². The standard InChI is InChI=1S/C37H42N6O8S/c1-22(2)30(38)35(46)43(21-11-12-24(43)5)37(48)42(31(23(3)4)32(44)33-40-28-15-9-10-16-29(28)51-33)34(45)25-17-19-26(20-18-25)39-36(47)41-52(49,50)27-13-7-6-8-14-27/h6-10,13-20,22-24,30-31H,11-12,21,38H2,1-5H3,(H-,39,41,45,47)/p+1/t24?,30?,31?,43-/m0/s1. The first-order valence-corrected chi connectivity index (χ1v) is 18.5. The summed E-state index contributed by atoms with van der Waals surface area (Å²) in [5.41, 5.74) is 7.23. The molecule has 2 heterocycles. The number of nitrogens with one attached hydrogen (secondary N) is 2. The maximum Gasteiger partial charge on any atom is 0.434 e. The number of urea groups is 2. The van der Waals surface area contributed by atoms with Crippen molar-refractivity contribution in [1.29, 1.82) is 0 Å². The van der Waals surface area contributed by atoms with Crippen LogP contribution in [0.15, 0.2) is 88.2 Å². The number of Topliss-reactive ketones (excluding diaryl/α,β-unsaturated/α-hetero) is 1. The van der Waals surface area contributed by atoms with Crippen LogP contribution >= 0.6 is 0 Å². The second-order valence-corrected chi connectivity index (χ2v) is 15.3. The molecule has 0 bridgehead atoms. The molecule has 52 heavy (non-hydrogen) atoms. The van der Waals surface area contributed by atoms with Gasteiger partial charge in [0.2, 0.25) is 5.78 Å². The minimum absolute atomic E-state index is 0.0437. The highest BCUT2D eigenvalue weighted by Crippen LogP contribution is 2.34. The van der Waals surface area contributed by atoms with Gasteiger partial charge < -0.3 is 15.5 Å². The minimum Gasteiger partial charge on any atom is -0.434 e. The number of carbonyl (C=O) groups is 5. The number of hydrogen-bond acceptors (Lipinski definition) is 10. The van der Waals surface area contributed by atoms with Crippen molar-refractivity contribution in [2.24, 2.45) is 17.6 Å². The van der Waals surface area contributed by atoms with Gasteiger partial charge in [-0.05, 0) is 67.3 Å². The number of likely N-dealkylation sites (tertiary alicyclic amines) is 1. The van der Waals surface area contributed by atoms with Crippen molar-refractivity contribution in [2.75, 3.05) is 11.9 Å². The van der Waals surface area contributed by atoms with Crippen LogP contribution in [0.5, 0.6) is 0 Å². The molecule has 0 saturated carbocycles. The lowest BCUT2D eigenvalue weighted by molar-refractivity contribution is -0.788. The molecule has 1 saturated heterocycles. The van der Waals surface area contributed by atoms with E-state index in [9.17, 15) is 27.6 Å². The number of imide groups is 2. The van der Waals surface area contributed by atoms with Crippen LogP contribution in [0.25, 0.3) is 11.1 Å². The predicted octanol–water partition coefficient (Wildman–Crippen LogP) is 5.32. The molecule has 1 fully saturated rings. The zero-order chi connectivity index (χ0) is 38.0. The van der Waals surface area contributed by atoms with Gasteiger partial charge >= 0.3 is 18.0 Å². The van der Waals surface area contributed by atoms with E-state index < -0.39 is 68.2 Å². The van der Waals surface area contributed by atoms with Crippen LogP contribution in [0, 0.1) is 11.8 Å². The zero-order valence-corrected chi connectivity index (χ0v) is 30.4. The maximum atomic E-state index is 15.1. The number of carbonyl (C=O) groups excluding carboxylic acids is 5. The van der Waals surface area contributed by atoms with E-state index >= 15 is 4.79 Å². The molecule has 4 atom stereocenters. The van der Waals surface area contributed by atoms with Crippen molar-refractivity contribution in [2.45, 2.75) is 70.5 Å². The number of aromatic nitrogens is 1. The SMILES string of the molecule is CC(C)C(N)C(=O)[N@+]1(C(=O)N(C(=O)c2ccc(NC(=O)NS(=O)(=O)c3ccccc3)cc2)C(C(=O)c2nc3ccccc3o2)C(C)C)CCCC1C. The fourth-order valence-electron chi connectivity index (χ4n) is 6.45. The van der Waals surface area contributed by atoms with Crippen LogP contribution in [0.4, 0.5) is 15.3 Å². The Morgan fingerprint density at radius 3 is 2.12 bits per heavy atom. The van der Waals surface area contributed by atoms with Crippen LogP contribution in [-0.4, -0.2) is 77.1 Å². The molecule has 15 heteroatoms. The number of nitrogens with two attached hydrogens (primary N) is 1. The molecule has 1 aliphatic rings. The first kappa shape index (κ1) is 38.0. The van der Waals surface area contributed by atoms with E-state index in [4.69, 9.17) is 10.2 Å². The van der Waals surface area contributed by atoms with Gasteiger partial charge in [-0.25, -0.2) is 37.4 Å². The third-order valence-electron chi connectivity index (χ3n) is 9.40. The Morgan fingerprint density at radius 2 is 1.54 bits per heavy atom. The molecule has 274 valence electrons. The molecule has 4 aromatic rings. The fourth-order valence-corrected chi connectivity index (χ4v) is 7.38.